The number of pyridine rings is 1. The number of carbonyl (C=O) groups is 1. The van der Waals surface area contributed by atoms with Gasteiger partial charge < -0.3 is 14.7 Å². The van der Waals surface area contributed by atoms with E-state index < -0.39 is 0 Å². The van der Waals surface area contributed by atoms with Crippen LogP contribution < -0.4 is 4.74 Å². The van der Waals surface area contributed by atoms with Crippen LogP contribution in [0, 0.1) is 13.8 Å². The van der Waals surface area contributed by atoms with E-state index >= 15 is 0 Å². The summed E-state index contributed by atoms with van der Waals surface area (Å²) in [6, 6.07) is 13.2. The van der Waals surface area contributed by atoms with Crippen LogP contribution in [0.15, 0.2) is 42.5 Å². The van der Waals surface area contributed by atoms with E-state index in [-0.39, 0.29) is 11.7 Å². The zero-order valence-corrected chi connectivity index (χ0v) is 16.0. The Labute approximate surface area is 161 Å². The van der Waals surface area contributed by atoms with Gasteiger partial charge in [-0.05, 0) is 55.8 Å². The fourth-order valence-corrected chi connectivity index (χ4v) is 4.08. The highest BCUT2D eigenvalue weighted by Crippen LogP contribution is 2.39. The monoisotopic (exact) mass is 380 g/mol. The van der Waals surface area contributed by atoms with E-state index in [2.05, 4.69) is 18.0 Å². The van der Waals surface area contributed by atoms with E-state index in [1.165, 1.54) is 4.88 Å². The molecule has 1 aliphatic rings. The minimum Gasteiger partial charge on any atom is -0.504 e. The SMILES string of the molecule is Cc1cccc(C(=O)N2CCOc3c(O)cc(-c4ccc(C)s4)cc3C2)n1. The van der Waals surface area contributed by atoms with E-state index in [9.17, 15) is 9.90 Å². The van der Waals surface area contributed by atoms with E-state index in [1.54, 1.807) is 28.4 Å². The van der Waals surface area contributed by atoms with Crippen LogP contribution in [0.1, 0.15) is 26.6 Å². The molecular formula is C21H20N2O3S. The van der Waals surface area contributed by atoms with E-state index in [1.807, 2.05) is 31.2 Å². The van der Waals surface area contributed by atoms with Crippen molar-refractivity contribution in [3.05, 3.63) is 64.3 Å². The predicted octanol–water partition coefficient (Wildman–Crippen LogP) is 4.17. The highest BCUT2D eigenvalue weighted by molar-refractivity contribution is 7.15. The van der Waals surface area contributed by atoms with Crippen LogP contribution in [0.4, 0.5) is 0 Å². The molecule has 2 aromatic heterocycles. The van der Waals surface area contributed by atoms with Crippen molar-refractivity contribution in [1.82, 2.24) is 9.88 Å². The highest BCUT2D eigenvalue weighted by Gasteiger charge is 2.24. The van der Waals surface area contributed by atoms with Crippen LogP contribution in [0.5, 0.6) is 11.5 Å². The van der Waals surface area contributed by atoms with Crippen LogP contribution in [0.2, 0.25) is 0 Å². The maximum Gasteiger partial charge on any atom is 0.272 e. The Morgan fingerprint density at radius 1 is 1.22 bits per heavy atom. The number of thiophene rings is 1. The summed E-state index contributed by atoms with van der Waals surface area (Å²) in [5.41, 5.74) is 2.96. The first kappa shape index (κ1) is 17.5. The molecule has 1 aromatic carbocycles. The molecule has 0 aliphatic carbocycles. The van der Waals surface area contributed by atoms with Crippen molar-refractivity contribution in [2.45, 2.75) is 20.4 Å². The second-order valence-electron chi connectivity index (χ2n) is 6.63. The molecule has 0 unspecified atom stereocenters. The summed E-state index contributed by atoms with van der Waals surface area (Å²) >= 11 is 1.67. The smallest absolute Gasteiger partial charge is 0.272 e. The van der Waals surface area contributed by atoms with Gasteiger partial charge in [-0.1, -0.05) is 6.07 Å². The Bertz CT molecular complexity index is 1010. The number of benzene rings is 1. The minimum atomic E-state index is -0.132. The first-order chi connectivity index (χ1) is 13.0. The lowest BCUT2D eigenvalue weighted by Crippen LogP contribution is -2.33. The third-order valence-corrected chi connectivity index (χ3v) is 5.58. The van der Waals surface area contributed by atoms with Crippen molar-refractivity contribution in [3.63, 3.8) is 0 Å². The lowest BCUT2D eigenvalue weighted by molar-refractivity contribution is 0.0727. The number of fused-ring (bicyclic) bond motifs is 1. The van der Waals surface area contributed by atoms with Gasteiger partial charge in [0.2, 0.25) is 0 Å². The van der Waals surface area contributed by atoms with E-state index in [4.69, 9.17) is 4.74 Å². The second kappa shape index (κ2) is 7.04. The van der Waals surface area contributed by atoms with Crippen LogP contribution in [-0.2, 0) is 6.54 Å². The van der Waals surface area contributed by atoms with Crippen molar-refractivity contribution in [2.75, 3.05) is 13.2 Å². The zero-order chi connectivity index (χ0) is 19.0. The second-order valence-corrected chi connectivity index (χ2v) is 7.92. The molecule has 1 amide bonds. The number of aromatic hydroxyl groups is 1. The summed E-state index contributed by atoms with van der Waals surface area (Å²) in [6.07, 6.45) is 0. The molecule has 0 saturated heterocycles. The Morgan fingerprint density at radius 2 is 2.07 bits per heavy atom. The van der Waals surface area contributed by atoms with Crippen molar-refractivity contribution >= 4 is 17.2 Å². The van der Waals surface area contributed by atoms with Crippen molar-refractivity contribution in [2.24, 2.45) is 0 Å². The molecule has 27 heavy (non-hydrogen) atoms. The largest absolute Gasteiger partial charge is 0.504 e. The van der Waals surface area contributed by atoms with Crippen molar-refractivity contribution in [1.29, 1.82) is 0 Å². The maximum absolute atomic E-state index is 12.9. The Balaban J connectivity index is 1.68. The molecule has 1 N–H and O–H groups in total. The van der Waals surface area contributed by atoms with Gasteiger partial charge in [-0.15, -0.1) is 11.3 Å². The van der Waals surface area contributed by atoms with Gasteiger partial charge in [-0.3, -0.25) is 4.79 Å². The molecule has 0 atom stereocenters. The molecule has 4 rings (SSSR count). The summed E-state index contributed by atoms with van der Waals surface area (Å²) in [7, 11) is 0. The first-order valence-corrected chi connectivity index (χ1v) is 9.61. The average Bonchev–Trinajstić information content (AvgIpc) is 2.96. The molecular weight excluding hydrogens is 360 g/mol. The molecule has 0 bridgehead atoms. The number of hydrogen-bond acceptors (Lipinski definition) is 5. The Kier molecular flexibility index (Phi) is 4.58. The molecule has 1 aliphatic heterocycles. The van der Waals surface area contributed by atoms with Gasteiger partial charge in [0.05, 0.1) is 6.54 Å². The number of aromatic nitrogens is 1. The summed E-state index contributed by atoms with van der Waals surface area (Å²) in [4.78, 5) is 21.2. The molecule has 3 aromatic rings. The highest BCUT2D eigenvalue weighted by atomic mass is 32.1. The summed E-state index contributed by atoms with van der Waals surface area (Å²) in [6.45, 7) is 5.06. The minimum absolute atomic E-state index is 0.108. The molecule has 0 fully saturated rings. The summed E-state index contributed by atoms with van der Waals surface area (Å²) in [5, 5.41) is 10.5. The average molecular weight is 380 g/mol. The quantitative estimate of drug-likeness (QED) is 0.725. The predicted molar refractivity (Wildman–Crippen MR) is 105 cm³/mol. The molecule has 0 saturated carbocycles. The lowest BCUT2D eigenvalue weighted by atomic mass is 10.1. The standard InChI is InChI=1S/C21H20N2O3S/c1-13-4-3-5-17(22-13)21(25)23-8-9-26-20-16(12-23)10-15(11-18(20)24)19-7-6-14(2)27-19/h3-7,10-11,24H,8-9,12H2,1-2H3. The van der Waals surface area contributed by atoms with Gasteiger partial charge in [-0.2, -0.15) is 0 Å². The topological polar surface area (TPSA) is 62.7 Å². The molecule has 3 heterocycles. The van der Waals surface area contributed by atoms with Gasteiger partial charge >= 0.3 is 0 Å². The van der Waals surface area contributed by atoms with Crippen LogP contribution in [0.3, 0.4) is 0 Å². The molecule has 0 radical (unpaired) electrons. The van der Waals surface area contributed by atoms with Crippen molar-refractivity contribution < 1.29 is 14.6 Å². The molecule has 0 spiro atoms. The van der Waals surface area contributed by atoms with Gasteiger partial charge in [0.1, 0.15) is 12.3 Å². The number of rotatable bonds is 2. The third kappa shape index (κ3) is 3.53. The normalized spacial score (nSPS) is 13.6. The number of carbonyl (C=O) groups excluding carboxylic acids is 1. The summed E-state index contributed by atoms with van der Waals surface area (Å²) in [5.74, 6) is 0.433. The fraction of sp³-hybridized carbons (Fsp3) is 0.238. The Morgan fingerprint density at radius 3 is 2.81 bits per heavy atom. The number of phenolic OH excluding ortho intramolecular Hbond substituents is 1. The van der Waals surface area contributed by atoms with Gasteiger partial charge in [0.25, 0.3) is 5.91 Å². The number of amides is 1. The molecule has 138 valence electrons. The van der Waals surface area contributed by atoms with E-state index in [0.717, 1.165) is 21.7 Å². The lowest BCUT2D eigenvalue weighted by Gasteiger charge is -2.19. The fourth-order valence-electron chi connectivity index (χ4n) is 3.23. The third-order valence-electron chi connectivity index (χ3n) is 4.53. The number of phenols is 1. The number of ether oxygens (including phenoxy) is 1. The van der Waals surface area contributed by atoms with Gasteiger partial charge in [-0.25, -0.2) is 4.98 Å². The molecule has 6 heteroatoms. The van der Waals surface area contributed by atoms with Gasteiger partial charge in [0, 0.05) is 27.6 Å². The van der Waals surface area contributed by atoms with Crippen LogP contribution in [0.25, 0.3) is 10.4 Å². The summed E-state index contributed by atoms with van der Waals surface area (Å²) < 4.78 is 5.75. The zero-order valence-electron chi connectivity index (χ0n) is 15.2. The van der Waals surface area contributed by atoms with Crippen LogP contribution in [-0.4, -0.2) is 34.0 Å². The number of nitrogens with zero attached hydrogens (tertiary/aromatic N) is 2. The van der Waals surface area contributed by atoms with E-state index in [0.29, 0.717) is 31.1 Å². The van der Waals surface area contributed by atoms with Crippen LogP contribution >= 0.6 is 11.3 Å². The van der Waals surface area contributed by atoms with Crippen molar-refractivity contribution in [3.8, 4) is 21.9 Å². The van der Waals surface area contributed by atoms with Gasteiger partial charge in [0.15, 0.2) is 11.5 Å². The Hall–Kier alpha value is -2.86. The maximum atomic E-state index is 12.9. The first-order valence-electron chi connectivity index (χ1n) is 8.80. The number of hydrogen-bond donors (Lipinski definition) is 1. The number of aryl methyl sites for hydroxylation is 2. The molecule has 5 nitrogen and oxygen atoms in total.